The predicted molar refractivity (Wildman–Crippen MR) is 111 cm³/mol. The number of nitrogens with zero attached hydrogens (tertiary/aromatic N) is 2. The van der Waals surface area contributed by atoms with Crippen molar-refractivity contribution < 1.29 is 23.5 Å². The fourth-order valence-electron chi connectivity index (χ4n) is 3.14. The number of hydrogen-bond acceptors (Lipinski definition) is 6. The van der Waals surface area contributed by atoms with E-state index in [1.54, 1.807) is 48.2 Å². The summed E-state index contributed by atoms with van der Waals surface area (Å²) in [6.07, 6.45) is 4.69. The number of ether oxygens (including phenoxy) is 1. The Hall–Kier alpha value is -3.42. The second kappa shape index (κ2) is 10.4. The van der Waals surface area contributed by atoms with Crippen molar-refractivity contribution in [1.29, 1.82) is 0 Å². The lowest BCUT2D eigenvalue weighted by Crippen LogP contribution is -2.39. The fraction of sp³-hybridized carbons (Fsp3) is 0.364. The van der Waals surface area contributed by atoms with E-state index in [1.165, 1.54) is 6.21 Å². The summed E-state index contributed by atoms with van der Waals surface area (Å²) in [5.74, 6) is 0.368. The van der Waals surface area contributed by atoms with E-state index in [2.05, 4.69) is 10.5 Å². The molecule has 2 amide bonds. The van der Waals surface area contributed by atoms with Crippen molar-refractivity contribution in [1.82, 2.24) is 10.3 Å². The van der Waals surface area contributed by atoms with E-state index in [-0.39, 0.29) is 24.3 Å². The maximum atomic E-state index is 12.0. The highest BCUT2D eigenvalue weighted by Gasteiger charge is 2.18. The topological polar surface area (TPSA) is 101 Å². The van der Waals surface area contributed by atoms with Gasteiger partial charge in [0.2, 0.25) is 5.91 Å². The van der Waals surface area contributed by atoms with E-state index >= 15 is 0 Å². The normalized spacial score (nSPS) is 14.6. The first-order valence-corrected chi connectivity index (χ1v) is 10.0. The summed E-state index contributed by atoms with van der Waals surface area (Å²) < 4.78 is 10.7. The molecule has 3 rings (SSSR count). The van der Waals surface area contributed by atoms with Gasteiger partial charge in [-0.15, -0.1) is 0 Å². The Labute approximate surface area is 174 Å². The number of carbonyl (C=O) groups is 3. The number of carbonyl (C=O) groups excluding carboxylic acids is 3. The lowest BCUT2D eigenvalue weighted by Gasteiger charge is -2.18. The maximum Gasteiger partial charge on any atom is 0.338 e. The molecule has 30 heavy (non-hydrogen) atoms. The molecule has 1 aliphatic heterocycles. The highest BCUT2D eigenvalue weighted by Crippen LogP contribution is 2.22. The third-order valence-electron chi connectivity index (χ3n) is 4.69. The molecule has 158 valence electrons. The van der Waals surface area contributed by atoms with Crippen molar-refractivity contribution >= 4 is 24.0 Å². The molecule has 8 heteroatoms. The van der Waals surface area contributed by atoms with Crippen molar-refractivity contribution in [2.45, 2.75) is 32.6 Å². The molecular formula is C22H25N3O5. The van der Waals surface area contributed by atoms with Crippen LogP contribution in [0.15, 0.2) is 45.9 Å². The molecule has 0 atom stereocenters. The monoisotopic (exact) mass is 411 g/mol. The second-order valence-corrected chi connectivity index (χ2v) is 6.92. The summed E-state index contributed by atoms with van der Waals surface area (Å²) in [6, 6.07) is 10.4. The molecule has 2 aromatic rings. The Morgan fingerprint density at radius 1 is 1.17 bits per heavy atom. The van der Waals surface area contributed by atoms with Crippen molar-refractivity contribution in [2.75, 3.05) is 19.7 Å². The minimum absolute atomic E-state index is 0.00634. The molecule has 1 fully saturated rings. The first kappa shape index (κ1) is 21.3. The predicted octanol–water partition coefficient (Wildman–Crippen LogP) is 2.98. The summed E-state index contributed by atoms with van der Waals surface area (Å²) >= 11 is 0. The Morgan fingerprint density at radius 2 is 1.97 bits per heavy atom. The first-order valence-electron chi connectivity index (χ1n) is 10.0. The third kappa shape index (κ3) is 5.79. The van der Waals surface area contributed by atoms with Gasteiger partial charge in [0.15, 0.2) is 0 Å². The number of esters is 1. The zero-order valence-corrected chi connectivity index (χ0v) is 16.9. The van der Waals surface area contributed by atoms with Gasteiger partial charge in [-0.2, -0.15) is 5.10 Å². The number of furan rings is 1. The van der Waals surface area contributed by atoms with Gasteiger partial charge in [0, 0.05) is 18.5 Å². The smallest absolute Gasteiger partial charge is 0.338 e. The number of nitrogens with one attached hydrogen (secondary N) is 1. The van der Waals surface area contributed by atoms with Gasteiger partial charge in [0.25, 0.3) is 5.91 Å². The summed E-state index contributed by atoms with van der Waals surface area (Å²) in [5, 5.41) is 3.90. The van der Waals surface area contributed by atoms with Crippen LogP contribution in [0.25, 0.3) is 11.3 Å². The van der Waals surface area contributed by atoms with Crippen LogP contribution in [0.4, 0.5) is 0 Å². The van der Waals surface area contributed by atoms with E-state index in [0.29, 0.717) is 36.7 Å². The quantitative estimate of drug-likeness (QED) is 0.429. The molecule has 0 radical (unpaired) electrons. The van der Waals surface area contributed by atoms with E-state index in [9.17, 15) is 14.4 Å². The van der Waals surface area contributed by atoms with Crippen LogP contribution in [0.1, 0.15) is 48.7 Å². The van der Waals surface area contributed by atoms with Gasteiger partial charge in [-0.05, 0) is 44.0 Å². The van der Waals surface area contributed by atoms with Crippen LogP contribution >= 0.6 is 0 Å². The molecule has 1 saturated heterocycles. The van der Waals surface area contributed by atoms with Gasteiger partial charge < -0.3 is 14.1 Å². The highest BCUT2D eigenvalue weighted by atomic mass is 16.5. The van der Waals surface area contributed by atoms with Gasteiger partial charge in [-0.25, -0.2) is 10.2 Å². The molecular weight excluding hydrogens is 386 g/mol. The van der Waals surface area contributed by atoms with Crippen LogP contribution in [0.3, 0.4) is 0 Å². The number of likely N-dealkylation sites (tertiary alicyclic amines) is 1. The van der Waals surface area contributed by atoms with E-state index in [1.807, 2.05) is 0 Å². The standard InChI is InChI=1S/C22H25N3O5/c1-2-29-22(28)17-9-7-16(8-10-17)19-12-11-18(30-19)14-23-24-20(26)15-25-13-5-3-4-6-21(25)27/h7-12,14H,2-6,13,15H2,1H3,(H,24,26)/b23-14-. The molecule has 1 aromatic carbocycles. The van der Waals surface area contributed by atoms with Crippen LogP contribution in [0, 0.1) is 0 Å². The molecule has 0 saturated carbocycles. The molecule has 1 aromatic heterocycles. The van der Waals surface area contributed by atoms with Gasteiger partial charge in [0.05, 0.1) is 18.4 Å². The van der Waals surface area contributed by atoms with Crippen LogP contribution in [0.2, 0.25) is 0 Å². The summed E-state index contributed by atoms with van der Waals surface area (Å²) in [6.45, 7) is 2.69. The van der Waals surface area contributed by atoms with Gasteiger partial charge >= 0.3 is 5.97 Å². The molecule has 8 nitrogen and oxygen atoms in total. The van der Waals surface area contributed by atoms with E-state index in [0.717, 1.165) is 24.8 Å². The molecule has 0 unspecified atom stereocenters. The zero-order valence-electron chi connectivity index (χ0n) is 16.9. The van der Waals surface area contributed by atoms with E-state index in [4.69, 9.17) is 9.15 Å². The SMILES string of the molecule is CCOC(=O)c1ccc(-c2ccc(/C=N\NC(=O)CN3CCCCCC3=O)o2)cc1. The second-order valence-electron chi connectivity index (χ2n) is 6.92. The number of hydrogen-bond donors (Lipinski definition) is 1. The van der Waals surface area contributed by atoms with Crippen molar-refractivity contribution in [3.8, 4) is 11.3 Å². The average Bonchev–Trinajstić information content (AvgIpc) is 3.12. The minimum atomic E-state index is -0.367. The zero-order chi connectivity index (χ0) is 21.3. The first-order chi connectivity index (χ1) is 14.6. The molecule has 0 aliphatic carbocycles. The van der Waals surface area contributed by atoms with Crippen molar-refractivity contribution in [3.05, 3.63) is 47.7 Å². The number of rotatable bonds is 7. The highest BCUT2D eigenvalue weighted by molar-refractivity contribution is 5.90. The number of amides is 2. The van der Waals surface area contributed by atoms with Crippen LogP contribution in [0.5, 0.6) is 0 Å². The van der Waals surface area contributed by atoms with Crippen molar-refractivity contribution in [2.24, 2.45) is 5.10 Å². The molecule has 1 aliphatic rings. The van der Waals surface area contributed by atoms with E-state index < -0.39 is 0 Å². The summed E-state index contributed by atoms with van der Waals surface area (Å²) in [4.78, 5) is 37.3. The van der Waals surface area contributed by atoms with Gasteiger partial charge in [-0.1, -0.05) is 18.6 Å². The summed E-state index contributed by atoms with van der Waals surface area (Å²) in [7, 11) is 0. The molecule has 0 spiro atoms. The third-order valence-corrected chi connectivity index (χ3v) is 4.69. The Balaban J connectivity index is 1.53. The maximum absolute atomic E-state index is 12.0. The Kier molecular flexibility index (Phi) is 7.37. The number of benzene rings is 1. The molecule has 2 heterocycles. The lowest BCUT2D eigenvalue weighted by molar-refractivity contribution is -0.135. The molecule has 0 bridgehead atoms. The largest absolute Gasteiger partial charge is 0.462 e. The fourth-order valence-corrected chi connectivity index (χ4v) is 3.14. The lowest BCUT2D eigenvalue weighted by atomic mass is 10.1. The average molecular weight is 411 g/mol. The summed E-state index contributed by atoms with van der Waals surface area (Å²) in [5.41, 5.74) is 3.69. The van der Waals surface area contributed by atoms with Crippen molar-refractivity contribution in [3.63, 3.8) is 0 Å². The Bertz CT molecular complexity index is 917. The van der Waals surface area contributed by atoms with Crippen LogP contribution in [-0.4, -0.2) is 48.6 Å². The van der Waals surface area contributed by atoms with Gasteiger partial charge in [-0.3, -0.25) is 9.59 Å². The van der Waals surface area contributed by atoms with Crippen LogP contribution < -0.4 is 5.43 Å². The Morgan fingerprint density at radius 3 is 2.73 bits per heavy atom. The van der Waals surface area contributed by atoms with Gasteiger partial charge in [0.1, 0.15) is 18.1 Å². The number of hydrazone groups is 1. The molecule has 1 N–H and O–H groups in total. The van der Waals surface area contributed by atoms with Crippen LogP contribution in [-0.2, 0) is 14.3 Å². The minimum Gasteiger partial charge on any atom is -0.462 e.